The van der Waals surface area contributed by atoms with E-state index in [2.05, 4.69) is 30.5 Å². The van der Waals surface area contributed by atoms with Crippen molar-refractivity contribution >= 4 is 11.0 Å². The molecule has 0 aliphatic heterocycles. The van der Waals surface area contributed by atoms with Gasteiger partial charge in [0.1, 0.15) is 11.0 Å². The Labute approximate surface area is 112 Å². The van der Waals surface area contributed by atoms with Crippen molar-refractivity contribution in [1.82, 2.24) is 9.71 Å². The summed E-state index contributed by atoms with van der Waals surface area (Å²) in [5.74, 6) is 0.478. The molecule has 1 saturated carbocycles. The largest absolute Gasteiger partial charge is 0.260 e. The number of nitrogens with one attached hydrogen (secondary N) is 1. The minimum Gasteiger partial charge on any atom is -0.260 e. The van der Waals surface area contributed by atoms with Crippen LogP contribution in [0.3, 0.4) is 0 Å². The fourth-order valence-corrected chi connectivity index (χ4v) is 3.06. The van der Waals surface area contributed by atoms with E-state index < -0.39 is 11.0 Å². The lowest BCUT2D eigenvalue weighted by Crippen LogP contribution is -2.29. The van der Waals surface area contributed by atoms with Crippen molar-refractivity contribution in [3.8, 4) is 0 Å². The first-order valence-electron chi connectivity index (χ1n) is 6.69. The van der Waals surface area contributed by atoms with E-state index in [4.69, 9.17) is 0 Å². The molecule has 0 radical (unpaired) electrons. The third kappa shape index (κ3) is 3.39. The molecule has 1 aliphatic carbocycles. The lowest BCUT2D eigenvalue weighted by Gasteiger charge is -2.12. The van der Waals surface area contributed by atoms with Gasteiger partial charge in [-0.2, -0.15) is 0 Å². The third-order valence-corrected chi connectivity index (χ3v) is 4.89. The van der Waals surface area contributed by atoms with Gasteiger partial charge in [-0.1, -0.05) is 20.3 Å². The smallest absolute Gasteiger partial charge is 0.126 e. The minimum atomic E-state index is -1.13. The molecule has 1 aromatic rings. The van der Waals surface area contributed by atoms with Crippen LogP contribution < -0.4 is 4.72 Å². The zero-order chi connectivity index (χ0) is 13.2. The molecule has 1 aliphatic rings. The van der Waals surface area contributed by atoms with Gasteiger partial charge in [-0.05, 0) is 44.2 Å². The Morgan fingerprint density at radius 2 is 2.22 bits per heavy atom. The molecule has 1 heterocycles. The monoisotopic (exact) mass is 266 g/mol. The van der Waals surface area contributed by atoms with Crippen LogP contribution in [0.25, 0.3) is 0 Å². The van der Waals surface area contributed by atoms with Gasteiger partial charge in [0.2, 0.25) is 0 Å². The molecular weight excluding hydrogens is 244 g/mol. The average molecular weight is 266 g/mol. The van der Waals surface area contributed by atoms with Gasteiger partial charge < -0.3 is 0 Å². The van der Waals surface area contributed by atoms with E-state index in [1.54, 1.807) is 6.20 Å². The summed E-state index contributed by atoms with van der Waals surface area (Å²) in [4.78, 5) is 5.21. The maximum atomic E-state index is 12.1. The van der Waals surface area contributed by atoms with Crippen LogP contribution in [-0.2, 0) is 11.0 Å². The SMILES string of the molecule is CCCC(C)c1ccc(S(=O)NC2(C)CC2)cn1. The molecule has 2 rings (SSSR count). The molecule has 1 aromatic heterocycles. The van der Waals surface area contributed by atoms with Crippen molar-refractivity contribution in [2.24, 2.45) is 0 Å². The molecule has 2 unspecified atom stereocenters. The van der Waals surface area contributed by atoms with Crippen LogP contribution in [-0.4, -0.2) is 14.7 Å². The van der Waals surface area contributed by atoms with Crippen LogP contribution >= 0.6 is 0 Å². The van der Waals surface area contributed by atoms with Crippen LogP contribution in [0.15, 0.2) is 23.2 Å². The molecular formula is C14H22N2OS. The number of aromatic nitrogens is 1. The van der Waals surface area contributed by atoms with E-state index in [-0.39, 0.29) is 5.54 Å². The number of rotatable bonds is 6. The molecule has 0 amide bonds. The van der Waals surface area contributed by atoms with E-state index >= 15 is 0 Å². The highest BCUT2D eigenvalue weighted by Crippen LogP contribution is 2.35. The fourth-order valence-electron chi connectivity index (χ4n) is 1.95. The van der Waals surface area contributed by atoms with Crippen LogP contribution in [0, 0.1) is 0 Å². The van der Waals surface area contributed by atoms with E-state index in [1.807, 2.05) is 12.1 Å². The number of hydrogen-bond acceptors (Lipinski definition) is 2. The summed E-state index contributed by atoms with van der Waals surface area (Å²) < 4.78 is 15.2. The average Bonchev–Trinajstić information content (AvgIpc) is 3.07. The number of pyridine rings is 1. The van der Waals surface area contributed by atoms with Gasteiger partial charge in [0, 0.05) is 17.4 Å². The Bertz CT molecular complexity index is 426. The predicted octanol–water partition coefficient (Wildman–Crippen LogP) is 3.15. The van der Waals surface area contributed by atoms with Crippen LogP contribution in [0.1, 0.15) is 58.1 Å². The first-order chi connectivity index (χ1) is 8.54. The van der Waals surface area contributed by atoms with E-state index in [1.165, 1.54) is 0 Å². The maximum absolute atomic E-state index is 12.1. The molecule has 2 atom stereocenters. The normalized spacial score (nSPS) is 20.4. The Morgan fingerprint density at radius 3 is 2.72 bits per heavy atom. The molecule has 0 aromatic carbocycles. The highest BCUT2D eigenvalue weighted by atomic mass is 32.2. The highest BCUT2D eigenvalue weighted by molar-refractivity contribution is 7.83. The first kappa shape index (κ1) is 13.7. The second-order valence-corrected chi connectivity index (χ2v) is 6.75. The zero-order valence-electron chi connectivity index (χ0n) is 11.4. The van der Waals surface area contributed by atoms with Crippen LogP contribution in [0.4, 0.5) is 0 Å². The van der Waals surface area contributed by atoms with Crippen molar-refractivity contribution in [3.05, 3.63) is 24.0 Å². The van der Waals surface area contributed by atoms with Gasteiger partial charge in [-0.15, -0.1) is 0 Å². The Kier molecular flexibility index (Phi) is 4.17. The summed E-state index contributed by atoms with van der Waals surface area (Å²) >= 11 is 0. The zero-order valence-corrected chi connectivity index (χ0v) is 12.2. The van der Waals surface area contributed by atoms with Crippen molar-refractivity contribution in [2.45, 2.75) is 62.8 Å². The molecule has 0 bridgehead atoms. The second kappa shape index (κ2) is 5.49. The van der Waals surface area contributed by atoms with Gasteiger partial charge in [0.05, 0.1) is 4.90 Å². The van der Waals surface area contributed by atoms with Crippen molar-refractivity contribution < 1.29 is 4.21 Å². The Morgan fingerprint density at radius 1 is 1.50 bits per heavy atom. The standard InChI is InChI=1S/C14H22N2OS/c1-4-5-11(2)13-7-6-12(10-15-13)18(17)16-14(3)8-9-14/h6-7,10-11,16H,4-5,8-9H2,1-3H3. The van der Waals surface area contributed by atoms with E-state index in [9.17, 15) is 4.21 Å². The molecule has 0 saturated heterocycles. The van der Waals surface area contributed by atoms with Crippen LogP contribution in [0.2, 0.25) is 0 Å². The topological polar surface area (TPSA) is 42.0 Å². The van der Waals surface area contributed by atoms with E-state index in [0.29, 0.717) is 5.92 Å². The molecule has 100 valence electrons. The van der Waals surface area contributed by atoms with Crippen molar-refractivity contribution in [2.75, 3.05) is 0 Å². The number of nitrogens with zero attached hydrogens (tertiary/aromatic N) is 1. The van der Waals surface area contributed by atoms with Crippen LogP contribution in [0.5, 0.6) is 0 Å². The summed E-state index contributed by atoms with van der Waals surface area (Å²) in [6, 6.07) is 3.94. The summed E-state index contributed by atoms with van der Waals surface area (Å²) in [6.07, 6.45) is 6.27. The van der Waals surface area contributed by atoms with Gasteiger partial charge >= 0.3 is 0 Å². The molecule has 3 nitrogen and oxygen atoms in total. The van der Waals surface area contributed by atoms with Crippen molar-refractivity contribution in [1.29, 1.82) is 0 Å². The summed E-state index contributed by atoms with van der Waals surface area (Å²) in [5, 5.41) is 0. The lowest BCUT2D eigenvalue weighted by molar-refractivity contribution is 0.631. The van der Waals surface area contributed by atoms with Gasteiger partial charge in [0.25, 0.3) is 0 Å². The highest BCUT2D eigenvalue weighted by Gasteiger charge is 2.38. The summed E-state index contributed by atoms with van der Waals surface area (Å²) in [6.45, 7) is 6.47. The molecule has 4 heteroatoms. The fraction of sp³-hybridized carbons (Fsp3) is 0.643. The molecule has 1 fully saturated rings. The maximum Gasteiger partial charge on any atom is 0.126 e. The Balaban J connectivity index is 2.00. The second-order valence-electron chi connectivity index (χ2n) is 5.54. The number of hydrogen-bond donors (Lipinski definition) is 1. The quantitative estimate of drug-likeness (QED) is 0.859. The van der Waals surface area contributed by atoms with E-state index in [0.717, 1.165) is 36.3 Å². The molecule has 0 spiro atoms. The van der Waals surface area contributed by atoms with Gasteiger partial charge in [-0.3, -0.25) is 4.98 Å². The predicted molar refractivity (Wildman–Crippen MR) is 74.7 cm³/mol. The first-order valence-corrected chi connectivity index (χ1v) is 7.84. The molecule has 1 N–H and O–H groups in total. The minimum absolute atomic E-state index is 0.0824. The van der Waals surface area contributed by atoms with Gasteiger partial charge in [-0.25, -0.2) is 8.93 Å². The third-order valence-electron chi connectivity index (χ3n) is 3.54. The summed E-state index contributed by atoms with van der Waals surface area (Å²) in [5.41, 5.74) is 1.18. The molecule has 18 heavy (non-hydrogen) atoms. The summed E-state index contributed by atoms with van der Waals surface area (Å²) in [7, 11) is -1.13. The Hall–Kier alpha value is -0.740. The van der Waals surface area contributed by atoms with Gasteiger partial charge in [0.15, 0.2) is 0 Å². The van der Waals surface area contributed by atoms with Crippen molar-refractivity contribution in [3.63, 3.8) is 0 Å². The lowest BCUT2D eigenvalue weighted by atomic mass is 10.0.